The predicted octanol–water partition coefficient (Wildman–Crippen LogP) is 0.694. The number of nitrogens with zero attached hydrogens (tertiary/aromatic N) is 1. The Labute approximate surface area is 81.2 Å². The van der Waals surface area contributed by atoms with Gasteiger partial charge in [0.1, 0.15) is 0 Å². The van der Waals surface area contributed by atoms with Crippen LogP contribution in [0.25, 0.3) is 0 Å². The van der Waals surface area contributed by atoms with E-state index in [2.05, 4.69) is 11.8 Å². The summed E-state index contributed by atoms with van der Waals surface area (Å²) in [4.78, 5) is 2.46. The fraction of sp³-hybridized carbons (Fsp3) is 1.00. The molecular weight excluding hydrogens is 164 g/mol. The number of hydrogen-bond acceptors (Lipinski definition) is 3. The van der Waals surface area contributed by atoms with Crippen LogP contribution >= 0.6 is 0 Å². The quantitative estimate of drug-likeness (QED) is 0.702. The molecule has 2 N–H and O–H groups in total. The summed E-state index contributed by atoms with van der Waals surface area (Å²) >= 11 is 0. The maximum Gasteiger partial charge on any atom is 0.0589 e. The topological polar surface area (TPSA) is 38.5 Å². The van der Waals surface area contributed by atoms with Gasteiger partial charge in [-0.3, -0.25) is 0 Å². The third-order valence-electron chi connectivity index (χ3n) is 3.17. The maximum absolute atomic E-state index is 5.74. The Kier molecular flexibility index (Phi) is 4.16. The third kappa shape index (κ3) is 3.25. The zero-order chi connectivity index (χ0) is 9.73. The second kappa shape index (κ2) is 4.94. The number of piperidine rings is 1. The van der Waals surface area contributed by atoms with Crippen molar-refractivity contribution >= 4 is 0 Å². The van der Waals surface area contributed by atoms with Gasteiger partial charge in [-0.05, 0) is 37.9 Å². The Morgan fingerprint density at radius 3 is 2.46 bits per heavy atom. The largest absolute Gasteiger partial charge is 0.383 e. The van der Waals surface area contributed by atoms with E-state index in [-0.39, 0.29) is 0 Å². The molecule has 0 aliphatic carbocycles. The molecule has 0 spiro atoms. The van der Waals surface area contributed by atoms with Crippen molar-refractivity contribution in [1.29, 1.82) is 0 Å². The van der Waals surface area contributed by atoms with Crippen molar-refractivity contribution in [2.24, 2.45) is 11.1 Å². The molecule has 0 aromatic carbocycles. The molecule has 1 rings (SSSR count). The van der Waals surface area contributed by atoms with Crippen LogP contribution in [0.1, 0.15) is 19.8 Å². The summed E-state index contributed by atoms with van der Waals surface area (Å²) in [5.74, 6) is 0. The molecular formula is C10H22N2O. The highest BCUT2D eigenvalue weighted by molar-refractivity contribution is 4.82. The summed E-state index contributed by atoms with van der Waals surface area (Å²) in [5.41, 5.74) is 6.13. The minimum Gasteiger partial charge on any atom is -0.383 e. The van der Waals surface area contributed by atoms with E-state index in [1.54, 1.807) is 7.11 Å². The molecule has 3 nitrogen and oxygen atoms in total. The first-order valence-corrected chi connectivity index (χ1v) is 5.11. The second-order valence-corrected chi connectivity index (χ2v) is 4.35. The average molecular weight is 186 g/mol. The molecule has 0 bridgehead atoms. The molecule has 13 heavy (non-hydrogen) atoms. The standard InChI is InChI=1S/C10H22N2O/c1-10(9-11)3-5-12(6-4-10)7-8-13-2/h3-9,11H2,1-2H3. The van der Waals surface area contributed by atoms with Gasteiger partial charge in [-0.15, -0.1) is 0 Å². The minimum atomic E-state index is 0.392. The van der Waals surface area contributed by atoms with Crippen molar-refractivity contribution in [2.75, 3.05) is 39.9 Å². The SMILES string of the molecule is COCCN1CCC(C)(CN)CC1. The highest BCUT2D eigenvalue weighted by Gasteiger charge is 2.28. The van der Waals surface area contributed by atoms with Crippen LogP contribution in [0, 0.1) is 5.41 Å². The van der Waals surface area contributed by atoms with Gasteiger partial charge in [0.05, 0.1) is 6.61 Å². The molecule has 0 unspecified atom stereocenters. The van der Waals surface area contributed by atoms with Crippen molar-refractivity contribution in [3.05, 3.63) is 0 Å². The Balaban J connectivity index is 2.22. The zero-order valence-electron chi connectivity index (χ0n) is 8.88. The fourth-order valence-corrected chi connectivity index (χ4v) is 1.74. The van der Waals surface area contributed by atoms with Gasteiger partial charge in [-0.25, -0.2) is 0 Å². The van der Waals surface area contributed by atoms with Crippen LogP contribution in [0.5, 0.6) is 0 Å². The van der Waals surface area contributed by atoms with Gasteiger partial charge in [0, 0.05) is 13.7 Å². The zero-order valence-corrected chi connectivity index (χ0v) is 8.88. The molecule has 0 amide bonds. The van der Waals surface area contributed by atoms with Crippen LogP contribution in [0.2, 0.25) is 0 Å². The molecule has 78 valence electrons. The molecule has 1 fully saturated rings. The van der Waals surface area contributed by atoms with Gasteiger partial charge < -0.3 is 15.4 Å². The summed E-state index contributed by atoms with van der Waals surface area (Å²) in [6.07, 6.45) is 2.46. The van der Waals surface area contributed by atoms with E-state index in [9.17, 15) is 0 Å². The first-order chi connectivity index (χ1) is 6.20. The highest BCUT2D eigenvalue weighted by Crippen LogP contribution is 2.28. The van der Waals surface area contributed by atoms with Crippen molar-refractivity contribution in [1.82, 2.24) is 4.90 Å². The summed E-state index contributed by atoms with van der Waals surface area (Å²) < 4.78 is 5.06. The lowest BCUT2D eigenvalue weighted by Crippen LogP contribution is -2.43. The molecule has 1 heterocycles. The molecule has 0 aromatic rings. The molecule has 0 saturated carbocycles. The molecule has 1 aliphatic heterocycles. The average Bonchev–Trinajstić information content (AvgIpc) is 2.17. The van der Waals surface area contributed by atoms with E-state index in [0.717, 1.165) is 19.7 Å². The van der Waals surface area contributed by atoms with Gasteiger partial charge in [0.15, 0.2) is 0 Å². The second-order valence-electron chi connectivity index (χ2n) is 4.35. The number of likely N-dealkylation sites (tertiary alicyclic amines) is 1. The number of rotatable bonds is 4. The van der Waals surface area contributed by atoms with E-state index in [1.165, 1.54) is 25.9 Å². The van der Waals surface area contributed by atoms with Gasteiger partial charge in [0.2, 0.25) is 0 Å². The third-order valence-corrected chi connectivity index (χ3v) is 3.17. The van der Waals surface area contributed by atoms with E-state index in [1.807, 2.05) is 0 Å². The smallest absolute Gasteiger partial charge is 0.0589 e. The van der Waals surface area contributed by atoms with E-state index in [4.69, 9.17) is 10.5 Å². The lowest BCUT2D eigenvalue weighted by atomic mass is 9.80. The van der Waals surface area contributed by atoms with E-state index < -0.39 is 0 Å². The highest BCUT2D eigenvalue weighted by atomic mass is 16.5. The number of methoxy groups -OCH3 is 1. The molecule has 1 aliphatic rings. The summed E-state index contributed by atoms with van der Waals surface area (Å²) in [5, 5.41) is 0. The molecule has 3 heteroatoms. The Morgan fingerprint density at radius 2 is 2.00 bits per heavy atom. The van der Waals surface area contributed by atoms with Crippen LogP contribution in [0.4, 0.5) is 0 Å². The Morgan fingerprint density at radius 1 is 1.38 bits per heavy atom. The maximum atomic E-state index is 5.74. The predicted molar refractivity (Wildman–Crippen MR) is 54.7 cm³/mol. The van der Waals surface area contributed by atoms with Crippen molar-refractivity contribution in [3.63, 3.8) is 0 Å². The van der Waals surface area contributed by atoms with Crippen LogP contribution in [-0.2, 0) is 4.74 Å². The number of nitrogens with two attached hydrogens (primary N) is 1. The normalized spacial score (nSPS) is 23.3. The first kappa shape index (κ1) is 11.0. The summed E-state index contributed by atoms with van der Waals surface area (Å²) in [6, 6.07) is 0. The van der Waals surface area contributed by atoms with Crippen LogP contribution < -0.4 is 5.73 Å². The number of hydrogen-bond donors (Lipinski definition) is 1. The fourth-order valence-electron chi connectivity index (χ4n) is 1.74. The van der Waals surface area contributed by atoms with Gasteiger partial charge in [-0.2, -0.15) is 0 Å². The molecule has 1 saturated heterocycles. The van der Waals surface area contributed by atoms with Crippen LogP contribution in [-0.4, -0.2) is 44.8 Å². The molecule has 0 atom stereocenters. The molecule has 0 radical (unpaired) electrons. The van der Waals surface area contributed by atoms with E-state index in [0.29, 0.717) is 5.41 Å². The Hall–Kier alpha value is -0.120. The molecule has 0 aromatic heterocycles. The van der Waals surface area contributed by atoms with Crippen molar-refractivity contribution in [3.8, 4) is 0 Å². The Bertz CT molecular complexity index is 142. The van der Waals surface area contributed by atoms with Gasteiger partial charge >= 0.3 is 0 Å². The summed E-state index contributed by atoms with van der Waals surface area (Å²) in [6.45, 7) is 7.39. The van der Waals surface area contributed by atoms with Gasteiger partial charge in [-0.1, -0.05) is 6.92 Å². The van der Waals surface area contributed by atoms with E-state index >= 15 is 0 Å². The minimum absolute atomic E-state index is 0.392. The first-order valence-electron chi connectivity index (χ1n) is 5.11. The monoisotopic (exact) mass is 186 g/mol. The number of ether oxygens (including phenoxy) is 1. The van der Waals surface area contributed by atoms with Crippen molar-refractivity contribution in [2.45, 2.75) is 19.8 Å². The van der Waals surface area contributed by atoms with Crippen molar-refractivity contribution < 1.29 is 4.74 Å². The van der Waals surface area contributed by atoms with Crippen LogP contribution in [0.15, 0.2) is 0 Å². The summed E-state index contributed by atoms with van der Waals surface area (Å²) in [7, 11) is 1.76. The van der Waals surface area contributed by atoms with Crippen LogP contribution in [0.3, 0.4) is 0 Å². The lowest BCUT2D eigenvalue weighted by Gasteiger charge is -2.38. The lowest BCUT2D eigenvalue weighted by molar-refractivity contribution is 0.0909. The van der Waals surface area contributed by atoms with Gasteiger partial charge in [0.25, 0.3) is 0 Å².